The molecule has 2 nitrogen and oxygen atoms in total. The molecule has 2 aromatic carbocycles. The molecule has 0 saturated heterocycles. The lowest BCUT2D eigenvalue weighted by Crippen LogP contribution is -2.01. The smallest absolute Gasteiger partial charge is 0.0991 e. The van der Waals surface area contributed by atoms with Crippen molar-refractivity contribution < 1.29 is 5.11 Å². The van der Waals surface area contributed by atoms with Crippen molar-refractivity contribution in [2.75, 3.05) is 0 Å². The molecule has 3 heteroatoms. The van der Waals surface area contributed by atoms with Gasteiger partial charge in [-0.15, -0.1) is 0 Å². The van der Waals surface area contributed by atoms with Crippen molar-refractivity contribution >= 4 is 15.9 Å². The summed E-state index contributed by atoms with van der Waals surface area (Å²) in [5, 5.41) is 18.8. The van der Waals surface area contributed by atoms with Crippen LogP contribution >= 0.6 is 15.9 Å². The Bertz CT molecular complexity index is 555. The van der Waals surface area contributed by atoms with Gasteiger partial charge in [0.1, 0.15) is 0 Å². The number of aliphatic hydroxyl groups excluding tert-OH is 1. The predicted octanol–water partition coefficient (Wildman–Crippen LogP) is 3.60. The standard InChI is InChI=1S/C15H12BrNO/c16-14-7-3-11(4-8-14)9-15(18)13-5-1-12(10-17)2-6-13/h1-8,15,18H,9H2. The van der Waals surface area contributed by atoms with E-state index in [0.717, 1.165) is 15.6 Å². The lowest BCUT2D eigenvalue weighted by molar-refractivity contribution is 0.178. The van der Waals surface area contributed by atoms with Gasteiger partial charge in [0.2, 0.25) is 0 Å². The van der Waals surface area contributed by atoms with E-state index >= 15 is 0 Å². The Morgan fingerprint density at radius 2 is 1.67 bits per heavy atom. The van der Waals surface area contributed by atoms with Crippen molar-refractivity contribution in [2.24, 2.45) is 0 Å². The van der Waals surface area contributed by atoms with Crippen LogP contribution in [0.25, 0.3) is 0 Å². The first-order valence-corrected chi connectivity index (χ1v) is 6.41. The lowest BCUT2D eigenvalue weighted by atomic mass is 10.0. The molecule has 0 radical (unpaired) electrons. The molecule has 0 aliphatic carbocycles. The summed E-state index contributed by atoms with van der Waals surface area (Å²) in [6, 6.07) is 17.0. The van der Waals surface area contributed by atoms with Crippen LogP contribution in [0.15, 0.2) is 53.0 Å². The molecule has 0 heterocycles. The van der Waals surface area contributed by atoms with Gasteiger partial charge in [-0.25, -0.2) is 0 Å². The number of hydrogen-bond donors (Lipinski definition) is 1. The summed E-state index contributed by atoms with van der Waals surface area (Å²) in [5.74, 6) is 0. The molecule has 0 aromatic heterocycles. The van der Waals surface area contributed by atoms with Crippen LogP contribution in [0.5, 0.6) is 0 Å². The average Bonchev–Trinajstić information content (AvgIpc) is 2.41. The SMILES string of the molecule is N#Cc1ccc(C(O)Cc2ccc(Br)cc2)cc1. The lowest BCUT2D eigenvalue weighted by Gasteiger charge is -2.11. The number of hydrogen-bond acceptors (Lipinski definition) is 2. The van der Waals surface area contributed by atoms with Crippen LogP contribution < -0.4 is 0 Å². The summed E-state index contributed by atoms with van der Waals surface area (Å²) in [5.41, 5.74) is 2.52. The van der Waals surface area contributed by atoms with Crippen LogP contribution in [0.4, 0.5) is 0 Å². The van der Waals surface area contributed by atoms with Gasteiger partial charge in [0.25, 0.3) is 0 Å². The van der Waals surface area contributed by atoms with Crippen molar-refractivity contribution in [3.05, 3.63) is 69.7 Å². The van der Waals surface area contributed by atoms with E-state index in [1.165, 1.54) is 0 Å². The molecule has 0 fully saturated rings. The highest BCUT2D eigenvalue weighted by molar-refractivity contribution is 9.10. The first kappa shape index (κ1) is 12.8. The maximum absolute atomic E-state index is 10.1. The monoisotopic (exact) mass is 301 g/mol. The van der Waals surface area contributed by atoms with Crippen LogP contribution in [-0.2, 0) is 6.42 Å². The molecule has 2 rings (SSSR count). The number of nitrogens with zero attached hydrogens (tertiary/aromatic N) is 1. The van der Waals surface area contributed by atoms with E-state index in [2.05, 4.69) is 22.0 Å². The van der Waals surface area contributed by atoms with Gasteiger partial charge in [0.05, 0.1) is 17.7 Å². The van der Waals surface area contributed by atoms with Crippen molar-refractivity contribution in [2.45, 2.75) is 12.5 Å². The average molecular weight is 302 g/mol. The van der Waals surface area contributed by atoms with Crippen molar-refractivity contribution in [1.82, 2.24) is 0 Å². The number of nitriles is 1. The molecule has 0 bridgehead atoms. The third-order valence-corrected chi connectivity index (χ3v) is 3.30. The topological polar surface area (TPSA) is 44.0 Å². The van der Waals surface area contributed by atoms with E-state index in [1.54, 1.807) is 24.3 Å². The van der Waals surface area contributed by atoms with E-state index in [0.29, 0.717) is 12.0 Å². The van der Waals surface area contributed by atoms with Crippen LogP contribution in [0.2, 0.25) is 0 Å². The van der Waals surface area contributed by atoms with Gasteiger partial charge in [0.15, 0.2) is 0 Å². The van der Waals surface area contributed by atoms with Crippen LogP contribution in [0.1, 0.15) is 22.8 Å². The summed E-state index contributed by atoms with van der Waals surface area (Å²) < 4.78 is 1.03. The molecule has 0 spiro atoms. The van der Waals surface area contributed by atoms with Gasteiger partial charge < -0.3 is 5.11 Å². The maximum Gasteiger partial charge on any atom is 0.0991 e. The fourth-order valence-corrected chi connectivity index (χ4v) is 2.01. The van der Waals surface area contributed by atoms with Crippen LogP contribution in [-0.4, -0.2) is 5.11 Å². The number of benzene rings is 2. The minimum absolute atomic E-state index is 0.543. The Hall–Kier alpha value is -1.63. The fraction of sp³-hybridized carbons (Fsp3) is 0.133. The quantitative estimate of drug-likeness (QED) is 0.941. The highest BCUT2D eigenvalue weighted by atomic mass is 79.9. The molecule has 90 valence electrons. The Labute approximate surface area is 115 Å². The second-order valence-electron chi connectivity index (χ2n) is 4.08. The summed E-state index contributed by atoms with van der Waals surface area (Å²) in [7, 11) is 0. The normalized spacial score (nSPS) is 11.8. The zero-order chi connectivity index (χ0) is 13.0. The third kappa shape index (κ3) is 3.19. The molecule has 1 atom stereocenters. The van der Waals surface area contributed by atoms with E-state index < -0.39 is 6.10 Å². The molecule has 0 saturated carbocycles. The Kier molecular flexibility index (Phi) is 4.14. The molecule has 1 unspecified atom stereocenters. The summed E-state index contributed by atoms with van der Waals surface area (Å²) in [6.07, 6.45) is 0.0260. The summed E-state index contributed by atoms with van der Waals surface area (Å²) >= 11 is 3.38. The first-order chi connectivity index (χ1) is 8.69. The van der Waals surface area contributed by atoms with Gasteiger partial charge >= 0.3 is 0 Å². The fourth-order valence-electron chi connectivity index (χ4n) is 1.74. The van der Waals surface area contributed by atoms with Gasteiger partial charge in [-0.05, 0) is 35.4 Å². The molecule has 0 aliphatic heterocycles. The molecule has 18 heavy (non-hydrogen) atoms. The minimum Gasteiger partial charge on any atom is -0.388 e. The Morgan fingerprint density at radius 3 is 2.22 bits per heavy atom. The Balaban J connectivity index is 2.09. The second-order valence-corrected chi connectivity index (χ2v) is 5.00. The van der Waals surface area contributed by atoms with Crippen molar-refractivity contribution in [1.29, 1.82) is 5.26 Å². The van der Waals surface area contributed by atoms with Gasteiger partial charge in [0, 0.05) is 10.9 Å². The summed E-state index contributed by atoms with van der Waals surface area (Å²) in [6.45, 7) is 0. The van der Waals surface area contributed by atoms with Crippen molar-refractivity contribution in [3.63, 3.8) is 0 Å². The molecule has 2 aromatic rings. The van der Waals surface area contributed by atoms with E-state index in [9.17, 15) is 5.11 Å². The first-order valence-electron chi connectivity index (χ1n) is 5.61. The molecule has 0 aliphatic rings. The van der Waals surface area contributed by atoms with E-state index in [4.69, 9.17) is 5.26 Å². The van der Waals surface area contributed by atoms with Gasteiger partial charge in [-0.1, -0.05) is 40.2 Å². The minimum atomic E-state index is -0.543. The molecule has 0 amide bonds. The molecular weight excluding hydrogens is 290 g/mol. The summed E-state index contributed by atoms with van der Waals surface area (Å²) in [4.78, 5) is 0. The number of halogens is 1. The zero-order valence-electron chi connectivity index (χ0n) is 9.68. The predicted molar refractivity (Wildman–Crippen MR) is 74.0 cm³/mol. The van der Waals surface area contributed by atoms with Gasteiger partial charge in [-0.3, -0.25) is 0 Å². The van der Waals surface area contributed by atoms with E-state index in [-0.39, 0.29) is 0 Å². The van der Waals surface area contributed by atoms with Crippen LogP contribution in [0.3, 0.4) is 0 Å². The largest absolute Gasteiger partial charge is 0.388 e. The number of aliphatic hydroxyl groups is 1. The van der Waals surface area contributed by atoms with Gasteiger partial charge in [-0.2, -0.15) is 5.26 Å². The van der Waals surface area contributed by atoms with Crippen LogP contribution in [0, 0.1) is 11.3 Å². The zero-order valence-corrected chi connectivity index (χ0v) is 11.3. The Morgan fingerprint density at radius 1 is 1.06 bits per heavy atom. The second kappa shape index (κ2) is 5.81. The maximum atomic E-state index is 10.1. The molecule has 1 N–H and O–H groups in total. The highest BCUT2D eigenvalue weighted by Gasteiger charge is 2.08. The highest BCUT2D eigenvalue weighted by Crippen LogP contribution is 2.20. The van der Waals surface area contributed by atoms with E-state index in [1.807, 2.05) is 24.3 Å². The molecular formula is C15H12BrNO. The number of rotatable bonds is 3. The van der Waals surface area contributed by atoms with Crippen molar-refractivity contribution in [3.8, 4) is 6.07 Å². The third-order valence-electron chi connectivity index (χ3n) is 2.77.